The number of anilines is 1. The number of benzene rings is 3. The molecule has 2 fully saturated rings. The predicted molar refractivity (Wildman–Crippen MR) is 151 cm³/mol. The number of amides is 2. The number of nitrogens with two attached hydrogens (primary N) is 1. The predicted octanol–water partition coefficient (Wildman–Crippen LogP) is 6.06. The number of nitrogens with zero attached hydrogens (tertiary/aromatic N) is 3. The van der Waals surface area contributed by atoms with E-state index >= 15 is 0 Å². The van der Waals surface area contributed by atoms with E-state index in [1.807, 2.05) is 35.2 Å². The molecule has 0 spiro atoms. The number of hydrogen-bond donors (Lipinski definition) is 3. The van der Waals surface area contributed by atoms with E-state index in [2.05, 4.69) is 52.0 Å². The monoisotopic (exact) mass is 522 g/mol. The molecule has 3 aromatic carbocycles. The Bertz CT molecular complexity index is 1330. The molecule has 0 unspecified atom stereocenters. The van der Waals surface area contributed by atoms with Gasteiger partial charge in [-0.2, -0.15) is 5.53 Å². The maximum absolute atomic E-state index is 13.8. The van der Waals surface area contributed by atoms with Crippen molar-refractivity contribution in [3.8, 4) is 0 Å². The second-order valence-electron chi connectivity index (χ2n) is 10.4. The molecule has 2 atom stereocenters. The maximum Gasteiger partial charge on any atom is 0.257 e. The minimum absolute atomic E-state index is 0.0415. The smallest absolute Gasteiger partial charge is 0.257 e. The molecule has 4 N–H and O–H groups in total. The Morgan fingerprint density at radius 2 is 1.59 bits per heavy atom. The number of hydrogen-bond acceptors (Lipinski definition) is 4. The van der Waals surface area contributed by atoms with Crippen molar-refractivity contribution in [3.63, 3.8) is 0 Å². The number of carbonyl (C=O) groups is 2. The largest absolute Gasteiger partial charge is 0.368 e. The fraction of sp³-hybridized carbons (Fsp3) is 0.323. The van der Waals surface area contributed by atoms with Crippen molar-refractivity contribution in [2.45, 2.75) is 56.9 Å². The van der Waals surface area contributed by atoms with Gasteiger partial charge in [0.25, 0.3) is 5.91 Å². The first-order valence-electron chi connectivity index (χ1n) is 13.6. The van der Waals surface area contributed by atoms with E-state index in [0.717, 1.165) is 17.7 Å². The highest BCUT2D eigenvalue weighted by Gasteiger charge is 2.46. The second-order valence-corrected chi connectivity index (χ2v) is 10.4. The number of guanidine groups is 1. The van der Waals surface area contributed by atoms with Crippen LogP contribution in [0.3, 0.4) is 0 Å². The second kappa shape index (κ2) is 12.0. The molecule has 0 heterocycles. The van der Waals surface area contributed by atoms with Crippen LogP contribution in [0.4, 0.5) is 5.69 Å². The molecular weight excluding hydrogens is 488 g/mol. The Balaban J connectivity index is 1.35. The standard InChI is InChI=1S/C31H34N6O2/c32-31(35-36-33)34-29(38)25-13-11-21(12-14-25)20-37(30(39)28-19-27(28)24-9-5-2-6-10-24)26-17-15-23(16-18-26)22-7-3-1-4-8-22/h2,5-6,9-18,22,27-28H,1,3-4,7-8,19-20H2,(H4,32,33,34,35,38)/t27-,28+/m0/s1. The van der Waals surface area contributed by atoms with Crippen molar-refractivity contribution in [2.24, 2.45) is 22.0 Å². The van der Waals surface area contributed by atoms with E-state index in [-0.39, 0.29) is 23.7 Å². The van der Waals surface area contributed by atoms with Gasteiger partial charge in [-0.15, -0.1) is 0 Å². The SMILES string of the molecule is N=N/N=C(\N)NC(=O)c1ccc(CN(C(=O)[C@@H]2C[C@H]2c2ccccc2)c2ccc(C3CCCCC3)cc2)cc1. The third kappa shape index (κ3) is 6.39. The van der Waals surface area contributed by atoms with Crippen molar-refractivity contribution < 1.29 is 9.59 Å². The van der Waals surface area contributed by atoms with Crippen LogP contribution in [0.15, 0.2) is 89.2 Å². The summed E-state index contributed by atoms with van der Waals surface area (Å²) < 4.78 is 0. The molecule has 39 heavy (non-hydrogen) atoms. The third-order valence-electron chi connectivity index (χ3n) is 7.84. The maximum atomic E-state index is 13.8. The first kappa shape index (κ1) is 26.3. The number of nitrogens with one attached hydrogen (secondary N) is 2. The molecule has 0 aliphatic heterocycles. The van der Waals surface area contributed by atoms with Gasteiger partial charge in [-0.05, 0) is 77.3 Å². The summed E-state index contributed by atoms with van der Waals surface area (Å²) in [5.74, 6) is 0.248. The van der Waals surface area contributed by atoms with Crippen LogP contribution in [0.1, 0.15) is 77.4 Å². The van der Waals surface area contributed by atoms with E-state index in [1.165, 1.54) is 43.2 Å². The van der Waals surface area contributed by atoms with Crippen LogP contribution in [0.2, 0.25) is 0 Å². The van der Waals surface area contributed by atoms with Crippen LogP contribution < -0.4 is 16.0 Å². The van der Waals surface area contributed by atoms with E-state index in [4.69, 9.17) is 11.3 Å². The van der Waals surface area contributed by atoms with Gasteiger partial charge in [0.2, 0.25) is 11.9 Å². The first-order chi connectivity index (χ1) is 19.0. The van der Waals surface area contributed by atoms with Crippen LogP contribution in [-0.4, -0.2) is 17.8 Å². The molecule has 2 saturated carbocycles. The van der Waals surface area contributed by atoms with E-state index < -0.39 is 5.91 Å². The summed E-state index contributed by atoms with van der Waals surface area (Å²) in [6.07, 6.45) is 7.21. The molecule has 200 valence electrons. The van der Waals surface area contributed by atoms with Gasteiger partial charge in [-0.3, -0.25) is 14.9 Å². The molecule has 5 rings (SSSR count). The Morgan fingerprint density at radius 1 is 0.897 bits per heavy atom. The van der Waals surface area contributed by atoms with Crippen molar-refractivity contribution in [3.05, 3.63) is 101 Å². The Labute approximate surface area is 228 Å². The fourth-order valence-corrected chi connectivity index (χ4v) is 5.61. The first-order valence-corrected chi connectivity index (χ1v) is 13.6. The summed E-state index contributed by atoms with van der Waals surface area (Å²) in [6.45, 7) is 0.406. The van der Waals surface area contributed by atoms with Crippen molar-refractivity contribution >= 4 is 23.5 Å². The van der Waals surface area contributed by atoms with E-state index in [1.54, 1.807) is 12.1 Å². The molecule has 2 aliphatic carbocycles. The van der Waals surface area contributed by atoms with Gasteiger partial charge >= 0.3 is 0 Å². The summed E-state index contributed by atoms with van der Waals surface area (Å²) in [4.78, 5) is 28.1. The zero-order chi connectivity index (χ0) is 27.2. The lowest BCUT2D eigenvalue weighted by molar-refractivity contribution is -0.120. The molecule has 2 aliphatic rings. The highest BCUT2D eigenvalue weighted by Crippen LogP contribution is 2.49. The molecule has 3 aromatic rings. The molecule has 0 radical (unpaired) electrons. The molecule has 8 heteroatoms. The number of rotatable bonds is 8. The Hall–Kier alpha value is -4.33. The minimum Gasteiger partial charge on any atom is -0.368 e. The third-order valence-corrected chi connectivity index (χ3v) is 7.84. The lowest BCUT2D eigenvalue weighted by atomic mass is 9.84. The molecule has 0 saturated heterocycles. The van der Waals surface area contributed by atoms with Gasteiger partial charge in [-0.25, -0.2) is 0 Å². The van der Waals surface area contributed by atoms with Gasteiger partial charge in [0, 0.05) is 17.2 Å². The highest BCUT2D eigenvalue weighted by molar-refractivity contribution is 6.05. The zero-order valence-electron chi connectivity index (χ0n) is 21.9. The zero-order valence-corrected chi connectivity index (χ0v) is 21.9. The van der Waals surface area contributed by atoms with Crippen LogP contribution in [0.25, 0.3) is 0 Å². The minimum atomic E-state index is -0.443. The average molecular weight is 523 g/mol. The van der Waals surface area contributed by atoms with Crippen molar-refractivity contribution in [1.82, 2.24) is 5.32 Å². The normalized spacial score (nSPS) is 19.2. The van der Waals surface area contributed by atoms with Gasteiger partial charge in [0.15, 0.2) is 0 Å². The highest BCUT2D eigenvalue weighted by atomic mass is 16.2. The lowest BCUT2D eigenvalue weighted by Gasteiger charge is -2.26. The molecular formula is C31H34N6O2. The van der Waals surface area contributed by atoms with Crippen LogP contribution in [0, 0.1) is 11.4 Å². The fourth-order valence-electron chi connectivity index (χ4n) is 5.61. The molecule has 8 nitrogen and oxygen atoms in total. The van der Waals surface area contributed by atoms with Crippen LogP contribution in [-0.2, 0) is 11.3 Å². The van der Waals surface area contributed by atoms with Gasteiger partial charge in [-0.1, -0.05) is 79.0 Å². The summed E-state index contributed by atoms with van der Waals surface area (Å²) >= 11 is 0. The summed E-state index contributed by atoms with van der Waals surface area (Å²) in [5.41, 5.74) is 17.0. The Morgan fingerprint density at radius 3 is 2.26 bits per heavy atom. The van der Waals surface area contributed by atoms with Crippen molar-refractivity contribution in [1.29, 1.82) is 5.53 Å². The van der Waals surface area contributed by atoms with E-state index in [0.29, 0.717) is 18.0 Å². The topological polar surface area (TPSA) is 124 Å². The average Bonchev–Trinajstić information content (AvgIpc) is 3.78. The summed E-state index contributed by atoms with van der Waals surface area (Å²) in [7, 11) is 0. The quantitative estimate of drug-likeness (QED) is 0.144. The van der Waals surface area contributed by atoms with Gasteiger partial charge in [0.1, 0.15) is 0 Å². The Kier molecular flexibility index (Phi) is 8.10. The van der Waals surface area contributed by atoms with Gasteiger partial charge < -0.3 is 10.6 Å². The van der Waals surface area contributed by atoms with E-state index in [9.17, 15) is 9.59 Å². The molecule has 0 bridgehead atoms. The van der Waals surface area contributed by atoms with Gasteiger partial charge in [0.05, 0.1) is 6.54 Å². The van der Waals surface area contributed by atoms with Crippen LogP contribution >= 0.6 is 0 Å². The summed E-state index contributed by atoms with van der Waals surface area (Å²) in [6, 6.07) is 25.9. The summed E-state index contributed by atoms with van der Waals surface area (Å²) in [5, 5.41) is 8.49. The molecule has 0 aromatic heterocycles. The van der Waals surface area contributed by atoms with Crippen LogP contribution in [0.5, 0.6) is 0 Å². The lowest BCUT2D eigenvalue weighted by Crippen LogP contribution is -2.36. The van der Waals surface area contributed by atoms with Crippen molar-refractivity contribution in [2.75, 3.05) is 4.90 Å². The number of carbonyl (C=O) groups excluding carboxylic acids is 2. The molecule has 2 amide bonds.